The van der Waals surface area contributed by atoms with Gasteiger partial charge in [-0.3, -0.25) is 87.1 Å². The van der Waals surface area contributed by atoms with Crippen LogP contribution in [0.2, 0.25) is 0 Å². The first-order valence-electron chi connectivity index (χ1n) is 20.3. The molecule has 2 aliphatic rings. The van der Waals surface area contributed by atoms with Crippen molar-refractivity contribution in [1.29, 1.82) is 0 Å². The molecule has 3 rings (SSSR count). The number of benzene rings is 1. The van der Waals surface area contributed by atoms with E-state index in [2.05, 4.69) is 28.6 Å². The number of nitrogens with one attached hydrogen (secondary N) is 3. The van der Waals surface area contributed by atoms with Gasteiger partial charge in [0.15, 0.2) is 6.10 Å². The Balaban J connectivity index is 0.00000109. The third-order valence-corrected chi connectivity index (χ3v) is 8.75. The van der Waals surface area contributed by atoms with Crippen LogP contribution in [0.25, 0.3) is 0 Å². The van der Waals surface area contributed by atoms with Crippen molar-refractivity contribution in [2.75, 3.05) is 65.7 Å². The number of nitro groups is 1. The van der Waals surface area contributed by atoms with Gasteiger partial charge >= 0.3 is 23.6 Å². The molecular weight excluding hydrogens is 943 g/mol. The minimum Gasteiger partial charge on any atom is -0.481 e. The number of nitro benzene ring substituents is 1. The molecule has 0 spiro atoms. The van der Waals surface area contributed by atoms with Crippen molar-refractivity contribution >= 4 is 95.0 Å². The summed E-state index contributed by atoms with van der Waals surface area (Å²) >= 11 is 3.56. The molecule has 2 aliphatic heterocycles. The number of imide groups is 3. The number of carboxylic acid groups (broad SMARTS) is 1. The SMILES string of the molecule is C/C=C\C(=O)N(C=O)CCC(=O)O.O=C(S)COCCOCCNC(=O)[C@@H](CC(=O)NCCNC(=O)c1ccc(OC(=O)CCN2C(=O)C=CC2=O)c([N+](=O)[O-])c1)OC(=O)CCN1C(=O)C=CC1=O. The van der Waals surface area contributed by atoms with Crippen molar-refractivity contribution in [3.63, 3.8) is 0 Å². The lowest BCUT2D eigenvalue weighted by Crippen LogP contribution is -2.43. The van der Waals surface area contributed by atoms with E-state index >= 15 is 0 Å². The molecular formula is C41H47N7O20S. The minimum atomic E-state index is -1.65. The Kier molecular flexibility index (Phi) is 25.1. The smallest absolute Gasteiger partial charge is 0.313 e. The number of carbonyl (C=O) groups excluding carboxylic acids is 12. The van der Waals surface area contributed by atoms with Crippen molar-refractivity contribution in [2.45, 2.75) is 38.7 Å². The second-order valence-corrected chi connectivity index (χ2v) is 14.2. The van der Waals surface area contributed by atoms with Gasteiger partial charge in [-0.25, -0.2) is 0 Å². The zero-order valence-electron chi connectivity index (χ0n) is 36.7. The summed E-state index contributed by atoms with van der Waals surface area (Å²) in [5, 5.41) is 26.8. The van der Waals surface area contributed by atoms with Crippen LogP contribution in [0, 0.1) is 10.1 Å². The summed E-state index contributed by atoms with van der Waals surface area (Å²) in [5.41, 5.74) is -0.936. The number of aliphatic carboxylic acids is 1. The van der Waals surface area contributed by atoms with Gasteiger partial charge in [0, 0.05) is 75.2 Å². The normalized spacial score (nSPS) is 13.1. The number of esters is 2. The molecule has 1 aromatic rings. The van der Waals surface area contributed by atoms with Crippen LogP contribution in [0.3, 0.4) is 0 Å². The lowest BCUT2D eigenvalue weighted by molar-refractivity contribution is -0.385. The number of hydrogen-bond acceptors (Lipinski definition) is 19. The average Bonchev–Trinajstić information content (AvgIpc) is 3.80. The van der Waals surface area contributed by atoms with Gasteiger partial charge in [0.2, 0.25) is 23.2 Å². The first-order chi connectivity index (χ1) is 32.8. The number of carbonyl (C=O) groups is 13. The molecule has 0 bridgehead atoms. The molecule has 0 saturated carbocycles. The highest BCUT2D eigenvalue weighted by molar-refractivity contribution is 7.96. The van der Waals surface area contributed by atoms with E-state index in [-0.39, 0.29) is 77.7 Å². The number of thiol groups is 1. The van der Waals surface area contributed by atoms with E-state index in [1.165, 1.54) is 12.2 Å². The van der Waals surface area contributed by atoms with Gasteiger partial charge in [-0.2, -0.15) is 0 Å². The van der Waals surface area contributed by atoms with E-state index in [4.69, 9.17) is 24.1 Å². The van der Waals surface area contributed by atoms with Crippen LogP contribution >= 0.6 is 12.6 Å². The van der Waals surface area contributed by atoms with Crippen LogP contribution in [0.15, 0.2) is 54.7 Å². The molecule has 69 heavy (non-hydrogen) atoms. The number of allylic oxidation sites excluding steroid dienone is 1. The minimum absolute atomic E-state index is 0.0109. The van der Waals surface area contributed by atoms with E-state index in [1.54, 1.807) is 6.92 Å². The van der Waals surface area contributed by atoms with E-state index in [0.29, 0.717) is 6.41 Å². The zero-order chi connectivity index (χ0) is 51.5. The predicted octanol–water partition coefficient (Wildman–Crippen LogP) is -2.09. The maximum atomic E-state index is 12.8. The molecule has 27 nitrogen and oxygen atoms in total. The van der Waals surface area contributed by atoms with Gasteiger partial charge in [-0.1, -0.05) is 6.08 Å². The monoisotopic (exact) mass is 989 g/mol. The van der Waals surface area contributed by atoms with Gasteiger partial charge in [-0.05, 0) is 25.1 Å². The van der Waals surface area contributed by atoms with Gasteiger partial charge in [-0.15, -0.1) is 12.6 Å². The molecule has 0 radical (unpaired) electrons. The largest absolute Gasteiger partial charge is 0.481 e. The van der Waals surface area contributed by atoms with E-state index in [0.717, 1.165) is 57.2 Å². The van der Waals surface area contributed by atoms with Gasteiger partial charge < -0.3 is 40.0 Å². The predicted molar refractivity (Wildman–Crippen MR) is 233 cm³/mol. The Labute approximate surface area is 396 Å². The fourth-order valence-corrected chi connectivity index (χ4v) is 5.40. The van der Waals surface area contributed by atoms with Gasteiger partial charge in [0.05, 0.1) is 50.4 Å². The molecule has 0 unspecified atom stereocenters. The van der Waals surface area contributed by atoms with Crippen LogP contribution in [0.5, 0.6) is 5.75 Å². The molecule has 372 valence electrons. The second kappa shape index (κ2) is 30.3. The summed E-state index contributed by atoms with van der Waals surface area (Å²) in [6.07, 6.45) is 3.64. The standard InChI is InChI=1S/C33H36N6O16S.C8H11NO4/c40-24(18-23(33(49)36-11-14-52-15-16-53-19-31(47)56)55-30(46)8-13-38-27(43)5-6-28(38)44)34-9-10-35-32(48)20-1-2-22(21(17-20)39(50)51)54-29(45)7-12-37-25(41)3-4-26(37)42;1-2-3-7(11)9(6-10)5-4-8(12)13/h1-6,17,23H,7-16,18-19H2,(H,34,40)(H,35,48)(H,36,49)(H,47,56);2-3,6H,4-5H2,1H3,(H,12,13)/b;3-2-/t23-;/m1./s1. The van der Waals surface area contributed by atoms with Crippen molar-refractivity contribution in [3.8, 4) is 5.75 Å². The number of rotatable bonds is 29. The molecule has 0 aliphatic carbocycles. The van der Waals surface area contributed by atoms with Crippen molar-refractivity contribution in [1.82, 2.24) is 30.7 Å². The van der Waals surface area contributed by atoms with E-state index in [1.807, 2.05) is 0 Å². The van der Waals surface area contributed by atoms with Crippen molar-refractivity contribution in [2.24, 2.45) is 0 Å². The first kappa shape index (κ1) is 57.1. The van der Waals surface area contributed by atoms with Gasteiger partial charge in [0.1, 0.15) is 6.61 Å². The quantitative estimate of drug-likeness (QED) is 0.00661. The zero-order valence-corrected chi connectivity index (χ0v) is 37.6. The van der Waals surface area contributed by atoms with Crippen LogP contribution in [-0.4, -0.2) is 173 Å². The second-order valence-electron chi connectivity index (χ2n) is 13.7. The number of hydrogen-bond donors (Lipinski definition) is 5. The third kappa shape index (κ3) is 21.5. The van der Waals surface area contributed by atoms with E-state index in [9.17, 15) is 72.4 Å². The highest BCUT2D eigenvalue weighted by Crippen LogP contribution is 2.28. The molecule has 0 aromatic heterocycles. The van der Waals surface area contributed by atoms with Crippen LogP contribution in [0.4, 0.5) is 5.69 Å². The average molecular weight is 990 g/mol. The first-order valence-corrected chi connectivity index (χ1v) is 20.8. The van der Waals surface area contributed by atoms with Gasteiger partial charge in [0.25, 0.3) is 41.4 Å². The summed E-state index contributed by atoms with van der Waals surface area (Å²) in [6.45, 7) is 0.355. The summed E-state index contributed by atoms with van der Waals surface area (Å²) in [7, 11) is 0. The summed E-state index contributed by atoms with van der Waals surface area (Å²) < 4.78 is 20.5. The Morgan fingerprint density at radius 3 is 1.94 bits per heavy atom. The molecule has 28 heteroatoms. The molecule has 1 aromatic carbocycles. The summed E-state index contributed by atoms with van der Waals surface area (Å²) in [6, 6.07) is 3.00. The van der Waals surface area contributed by atoms with Crippen LogP contribution in [0.1, 0.15) is 43.0 Å². The number of nitrogens with zero attached hydrogens (tertiary/aromatic N) is 4. The lowest BCUT2D eigenvalue weighted by Gasteiger charge is -2.19. The third-order valence-electron chi connectivity index (χ3n) is 8.62. The Morgan fingerprint density at radius 2 is 1.39 bits per heavy atom. The maximum Gasteiger partial charge on any atom is 0.313 e. The highest BCUT2D eigenvalue weighted by atomic mass is 32.1. The van der Waals surface area contributed by atoms with Crippen LogP contribution < -0.4 is 20.7 Å². The lowest BCUT2D eigenvalue weighted by atomic mass is 10.1. The fourth-order valence-electron chi connectivity index (χ4n) is 5.31. The molecule has 1 atom stereocenters. The molecule has 0 fully saturated rings. The topological polar surface area (TPSA) is 368 Å². The fraction of sp³-hybridized carbons (Fsp3) is 0.390. The molecule has 2 heterocycles. The Morgan fingerprint density at radius 1 is 0.812 bits per heavy atom. The molecule has 4 N–H and O–H groups in total. The Hall–Kier alpha value is -7.98. The summed E-state index contributed by atoms with van der Waals surface area (Å²) in [5.74, 6) is -8.99. The number of amides is 9. The number of carboxylic acids is 1. The Bertz CT molecular complexity index is 2210. The highest BCUT2D eigenvalue weighted by Gasteiger charge is 2.29. The van der Waals surface area contributed by atoms with Crippen LogP contribution in [-0.2, 0) is 71.7 Å². The van der Waals surface area contributed by atoms with E-state index < -0.39 is 112 Å². The van der Waals surface area contributed by atoms with Crippen molar-refractivity contribution in [3.05, 3.63) is 70.3 Å². The summed E-state index contributed by atoms with van der Waals surface area (Å²) in [4.78, 5) is 165. The number of ether oxygens (including phenoxy) is 4. The molecule has 9 amide bonds. The maximum absolute atomic E-state index is 12.8. The molecule has 0 saturated heterocycles. The van der Waals surface area contributed by atoms with Crippen molar-refractivity contribution < 1.29 is 91.3 Å².